The van der Waals surface area contributed by atoms with Crippen molar-refractivity contribution in [1.29, 1.82) is 0 Å². The smallest absolute Gasteiger partial charge is 0.224 e. The standard InChI is InChI=1S/C14H18N4O.ClH/c1-15-9-2-4-14(19)17-12-5-7-13(8-6-12)18-11-3-10-16-18;/h3,5-8,10-11,15H,2,4,9H2,1H3,(H,17,19);1H. The maximum atomic E-state index is 11.6. The molecule has 0 bridgehead atoms. The van der Waals surface area contributed by atoms with Crippen LogP contribution in [0.1, 0.15) is 12.8 Å². The number of carbonyl (C=O) groups excluding carboxylic acids is 1. The van der Waals surface area contributed by atoms with Crippen LogP contribution in [0.25, 0.3) is 5.69 Å². The van der Waals surface area contributed by atoms with Crippen molar-refractivity contribution < 1.29 is 4.79 Å². The Morgan fingerprint density at radius 2 is 2.05 bits per heavy atom. The van der Waals surface area contributed by atoms with E-state index in [9.17, 15) is 4.79 Å². The molecule has 0 saturated carbocycles. The van der Waals surface area contributed by atoms with Gasteiger partial charge in [0.2, 0.25) is 5.91 Å². The van der Waals surface area contributed by atoms with Gasteiger partial charge >= 0.3 is 0 Å². The molecule has 0 radical (unpaired) electrons. The molecule has 2 N–H and O–H groups in total. The summed E-state index contributed by atoms with van der Waals surface area (Å²) in [5, 5.41) is 10.0. The molecule has 2 rings (SSSR count). The summed E-state index contributed by atoms with van der Waals surface area (Å²) in [6.07, 6.45) is 4.98. The zero-order chi connectivity index (χ0) is 13.5. The van der Waals surface area contributed by atoms with E-state index in [1.165, 1.54) is 0 Å². The molecule has 108 valence electrons. The average molecular weight is 295 g/mol. The van der Waals surface area contributed by atoms with Gasteiger partial charge < -0.3 is 10.6 Å². The molecule has 0 atom stereocenters. The highest BCUT2D eigenvalue weighted by molar-refractivity contribution is 5.90. The van der Waals surface area contributed by atoms with Crippen molar-refractivity contribution in [2.24, 2.45) is 0 Å². The van der Waals surface area contributed by atoms with E-state index < -0.39 is 0 Å². The van der Waals surface area contributed by atoms with Crippen LogP contribution in [0.4, 0.5) is 5.69 Å². The lowest BCUT2D eigenvalue weighted by atomic mass is 10.2. The summed E-state index contributed by atoms with van der Waals surface area (Å²) in [6, 6.07) is 9.49. The lowest BCUT2D eigenvalue weighted by Gasteiger charge is -2.06. The van der Waals surface area contributed by atoms with Crippen LogP contribution in [0.5, 0.6) is 0 Å². The Kier molecular flexibility index (Phi) is 6.76. The number of nitrogens with one attached hydrogen (secondary N) is 2. The number of amides is 1. The fraction of sp³-hybridized carbons (Fsp3) is 0.286. The first kappa shape index (κ1) is 16.2. The first-order chi connectivity index (χ1) is 9.29. The second kappa shape index (κ2) is 8.35. The quantitative estimate of drug-likeness (QED) is 0.803. The third-order valence-corrected chi connectivity index (χ3v) is 2.75. The predicted molar refractivity (Wildman–Crippen MR) is 82.6 cm³/mol. The molecule has 0 fully saturated rings. The molecule has 0 aliphatic heterocycles. The number of benzene rings is 1. The van der Waals surface area contributed by atoms with Crippen LogP contribution in [0.15, 0.2) is 42.7 Å². The van der Waals surface area contributed by atoms with Gasteiger partial charge in [0.25, 0.3) is 0 Å². The highest BCUT2D eigenvalue weighted by atomic mass is 35.5. The Morgan fingerprint density at radius 3 is 2.65 bits per heavy atom. The number of anilines is 1. The fourth-order valence-electron chi connectivity index (χ4n) is 1.77. The number of aromatic nitrogens is 2. The largest absolute Gasteiger partial charge is 0.326 e. The van der Waals surface area contributed by atoms with Crippen molar-refractivity contribution in [2.75, 3.05) is 18.9 Å². The first-order valence-corrected chi connectivity index (χ1v) is 6.34. The lowest BCUT2D eigenvalue weighted by molar-refractivity contribution is -0.116. The molecule has 6 heteroatoms. The van der Waals surface area contributed by atoms with Crippen molar-refractivity contribution in [2.45, 2.75) is 12.8 Å². The van der Waals surface area contributed by atoms with Crippen molar-refractivity contribution in [3.8, 4) is 5.69 Å². The fourth-order valence-corrected chi connectivity index (χ4v) is 1.77. The molecule has 20 heavy (non-hydrogen) atoms. The minimum absolute atomic E-state index is 0. The number of halogens is 1. The van der Waals surface area contributed by atoms with E-state index in [0.717, 1.165) is 24.3 Å². The van der Waals surface area contributed by atoms with Gasteiger partial charge in [0.05, 0.1) is 5.69 Å². The summed E-state index contributed by atoms with van der Waals surface area (Å²) >= 11 is 0. The Bertz CT molecular complexity index is 510. The predicted octanol–water partition coefficient (Wildman–Crippen LogP) is 2.23. The number of nitrogens with zero attached hydrogens (tertiary/aromatic N) is 2. The maximum absolute atomic E-state index is 11.6. The SMILES string of the molecule is CNCCCC(=O)Nc1ccc(-n2cccn2)cc1.Cl. The first-order valence-electron chi connectivity index (χ1n) is 6.34. The van der Waals surface area contributed by atoms with Gasteiger partial charge in [-0.15, -0.1) is 12.4 Å². The molecule has 1 aromatic heterocycles. The molecule has 0 spiro atoms. The van der Waals surface area contributed by atoms with Crippen LogP contribution in [0.3, 0.4) is 0 Å². The monoisotopic (exact) mass is 294 g/mol. The molecule has 0 unspecified atom stereocenters. The van der Waals surface area contributed by atoms with Crippen molar-refractivity contribution >= 4 is 24.0 Å². The van der Waals surface area contributed by atoms with Crippen LogP contribution in [-0.4, -0.2) is 29.3 Å². The second-order valence-corrected chi connectivity index (χ2v) is 4.25. The molecular weight excluding hydrogens is 276 g/mol. The normalized spacial score (nSPS) is 9.85. The molecule has 1 heterocycles. The van der Waals surface area contributed by atoms with Gasteiger partial charge in [0, 0.05) is 24.5 Å². The summed E-state index contributed by atoms with van der Waals surface area (Å²) in [4.78, 5) is 11.6. The van der Waals surface area contributed by atoms with Crippen molar-refractivity contribution in [1.82, 2.24) is 15.1 Å². The molecule has 0 aliphatic rings. The van der Waals surface area contributed by atoms with E-state index in [1.54, 1.807) is 10.9 Å². The van der Waals surface area contributed by atoms with Crippen molar-refractivity contribution in [3.63, 3.8) is 0 Å². The van der Waals surface area contributed by atoms with Crippen LogP contribution in [0, 0.1) is 0 Å². The van der Waals surface area contributed by atoms with Crippen LogP contribution >= 0.6 is 12.4 Å². The molecule has 1 aromatic carbocycles. The number of hydrogen-bond acceptors (Lipinski definition) is 3. The van der Waals surface area contributed by atoms with Crippen LogP contribution < -0.4 is 10.6 Å². The topological polar surface area (TPSA) is 59.0 Å². The van der Waals surface area contributed by atoms with Gasteiger partial charge in [0.1, 0.15) is 0 Å². The van der Waals surface area contributed by atoms with Gasteiger partial charge in [-0.1, -0.05) is 0 Å². The summed E-state index contributed by atoms with van der Waals surface area (Å²) in [5.74, 6) is 0.0436. The lowest BCUT2D eigenvalue weighted by Crippen LogP contribution is -2.15. The van der Waals surface area contributed by atoms with Gasteiger partial charge in [-0.25, -0.2) is 4.68 Å². The molecule has 0 aliphatic carbocycles. The van der Waals surface area contributed by atoms with Gasteiger partial charge in [0.15, 0.2) is 0 Å². The Labute approximate surface area is 124 Å². The Hall–Kier alpha value is -1.85. The van der Waals surface area contributed by atoms with E-state index in [1.807, 2.05) is 43.6 Å². The molecule has 5 nitrogen and oxygen atoms in total. The Morgan fingerprint density at radius 1 is 1.30 bits per heavy atom. The highest BCUT2D eigenvalue weighted by Gasteiger charge is 2.02. The maximum Gasteiger partial charge on any atom is 0.224 e. The molecule has 2 aromatic rings. The number of carbonyl (C=O) groups is 1. The third-order valence-electron chi connectivity index (χ3n) is 2.75. The van der Waals surface area contributed by atoms with Gasteiger partial charge in [-0.2, -0.15) is 5.10 Å². The molecule has 0 saturated heterocycles. The van der Waals surface area contributed by atoms with Crippen molar-refractivity contribution in [3.05, 3.63) is 42.7 Å². The Balaban J connectivity index is 0.00000200. The van der Waals surface area contributed by atoms with E-state index >= 15 is 0 Å². The van der Waals surface area contributed by atoms with E-state index in [-0.39, 0.29) is 18.3 Å². The minimum Gasteiger partial charge on any atom is -0.326 e. The summed E-state index contributed by atoms with van der Waals surface area (Å²) in [7, 11) is 1.88. The summed E-state index contributed by atoms with van der Waals surface area (Å²) in [5.41, 5.74) is 1.78. The summed E-state index contributed by atoms with van der Waals surface area (Å²) in [6.45, 7) is 0.853. The van der Waals surface area contributed by atoms with Crippen LogP contribution in [-0.2, 0) is 4.79 Å². The number of hydrogen-bond donors (Lipinski definition) is 2. The van der Waals surface area contributed by atoms with E-state index in [2.05, 4.69) is 15.7 Å². The minimum atomic E-state index is 0. The zero-order valence-corrected chi connectivity index (χ0v) is 12.2. The zero-order valence-electron chi connectivity index (χ0n) is 11.4. The van der Waals surface area contributed by atoms with E-state index in [0.29, 0.717) is 6.42 Å². The molecular formula is C14H19ClN4O. The van der Waals surface area contributed by atoms with Gasteiger partial charge in [-0.05, 0) is 50.3 Å². The van der Waals surface area contributed by atoms with Crippen LogP contribution in [0.2, 0.25) is 0 Å². The highest BCUT2D eigenvalue weighted by Crippen LogP contribution is 2.12. The summed E-state index contributed by atoms with van der Waals surface area (Å²) < 4.78 is 1.78. The molecule has 1 amide bonds. The van der Waals surface area contributed by atoms with Gasteiger partial charge in [-0.3, -0.25) is 4.79 Å². The van der Waals surface area contributed by atoms with E-state index in [4.69, 9.17) is 0 Å². The number of rotatable bonds is 6. The average Bonchev–Trinajstić information content (AvgIpc) is 2.94. The third kappa shape index (κ3) is 4.68. The second-order valence-electron chi connectivity index (χ2n) is 4.25.